The van der Waals surface area contributed by atoms with Crippen molar-refractivity contribution in [3.8, 4) is 0 Å². The third-order valence-corrected chi connectivity index (χ3v) is 3.37. The number of Topliss-reactive ketones (excluding diaryl/α,β-unsaturated/α-hetero) is 1. The molecule has 0 saturated carbocycles. The number of rotatable bonds is 4. The van der Waals surface area contributed by atoms with Crippen molar-refractivity contribution >= 4 is 17.2 Å². The van der Waals surface area contributed by atoms with Gasteiger partial charge < -0.3 is 5.73 Å². The van der Waals surface area contributed by atoms with Crippen molar-refractivity contribution in [2.45, 2.75) is 18.4 Å². The fraction of sp³-hybridized carbons (Fsp3) is 0.188. The lowest BCUT2D eigenvalue weighted by molar-refractivity contribution is -0.385. The first-order valence-electron chi connectivity index (χ1n) is 7.57. The van der Waals surface area contributed by atoms with Gasteiger partial charge in [0.1, 0.15) is 6.04 Å². The number of hydrogen-bond donors (Lipinski definition) is 1. The fourth-order valence-electron chi connectivity index (χ4n) is 1.95. The van der Waals surface area contributed by atoms with Gasteiger partial charge in [0, 0.05) is 29.8 Å². The number of non-ortho nitro benzene ring substituents is 2. The largest absolute Gasteiger partial charge is 0.454 e. The number of carbonyl (C=O) groups is 1. The Labute approximate surface area is 163 Å². The molecular weight excluding hydrogens is 428 g/mol. The summed E-state index contributed by atoms with van der Waals surface area (Å²) in [4.78, 5) is 29.6. The summed E-state index contributed by atoms with van der Waals surface area (Å²) in [5.41, 5.74) is 2.87. The van der Waals surface area contributed by atoms with Crippen LogP contribution < -0.4 is 5.73 Å². The quantitative estimate of drug-likeness (QED) is 0.323. The van der Waals surface area contributed by atoms with Crippen LogP contribution in [0.1, 0.15) is 22.0 Å². The number of halogens is 6. The first kappa shape index (κ1) is 24.5. The number of nitro benzene ring substituents is 2. The van der Waals surface area contributed by atoms with Gasteiger partial charge in [-0.15, -0.1) is 0 Å². The molecule has 0 bridgehead atoms. The maximum Gasteiger partial charge on any atom is 0.454 e. The molecule has 162 valence electrons. The first-order valence-corrected chi connectivity index (χ1v) is 7.57. The van der Waals surface area contributed by atoms with Gasteiger partial charge in [0.2, 0.25) is 0 Å². The van der Waals surface area contributed by atoms with Crippen LogP contribution in [0.3, 0.4) is 0 Å². The summed E-state index contributed by atoms with van der Waals surface area (Å²) in [6.45, 7) is 0. The van der Waals surface area contributed by atoms with Crippen LogP contribution in [0, 0.1) is 20.2 Å². The number of carbonyl (C=O) groups excluding carboxylic acids is 1. The fourth-order valence-corrected chi connectivity index (χ4v) is 1.95. The normalized spacial score (nSPS) is 12.4. The smallest absolute Gasteiger partial charge is 0.316 e. The minimum atomic E-state index is -5.02. The second-order valence-electron chi connectivity index (χ2n) is 5.51. The number of benzene rings is 2. The van der Waals surface area contributed by atoms with Gasteiger partial charge in [-0.05, 0) is 5.56 Å². The van der Waals surface area contributed by atoms with Crippen LogP contribution in [-0.4, -0.2) is 28.0 Å². The Hall–Kier alpha value is -3.55. The van der Waals surface area contributed by atoms with Gasteiger partial charge in [0.05, 0.1) is 9.85 Å². The van der Waals surface area contributed by atoms with Crippen molar-refractivity contribution in [2.75, 3.05) is 0 Å². The second-order valence-corrected chi connectivity index (χ2v) is 5.51. The molecule has 0 aliphatic heterocycles. The average Bonchev–Trinajstić information content (AvgIpc) is 2.66. The van der Waals surface area contributed by atoms with E-state index in [-0.39, 0.29) is 5.56 Å². The van der Waals surface area contributed by atoms with Crippen LogP contribution in [0.2, 0.25) is 0 Å². The van der Waals surface area contributed by atoms with Crippen molar-refractivity contribution < 1.29 is 41.0 Å². The molecule has 14 heteroatoms. The summed E-state index contributed by atoms with van der Waals surface area (Å²) in [5.74, 6) is -2.09. The van der Waals surface area contributed by atoms with Gasteiger partial charge >= 0.3 is 12.4 Å². The zero-order valence-corrected chi connectivity index (χ0v) is 14.5. The van der Waals surface area contributed by atoms with E-state index in [1.54, 1.807) is 0 Å². The number of alkyl halides is 6. The zero-order valence-electron chi connectivity index (χ0n) is 14.5. The third-order valence-electron chi connectivity index (χ3n) is 3.37. The lowest BCUT2D eigenvalue weighted by Gasteiger charge is -2.15. The predicted molar refractivity (Wildman–Crippen MR) is 89.6 cm³/mol. The van der Waals surface area contributed by atoms with Crippen LogP contribution in [0.5, 0.6) is 0 Å². The molecule has 2 N–H and O–H groups in total. The third kappa shape index (κ3) is 6.80. The van der Waals surface area contributed by atoms with Gasteiger partial charge in [-0.2, -0.15) is 26.3 Å². The minimum absolute atomic E-state index is 0.322. The monoisotopic (exact) mass is 439 g/mol. The van der Waals surface area contributed by atoms with Crippen molar-refractivity contribution in [1.82, 2.24) is 0 Å². The van der Waals surface area contributed by atoms with E-state index in [4.69, 9.17) is 5.73 Å². The Bertz CT molecular complexity index is 945. The van der Waals surface area contributed by atoms with E-state index in [1.165, 1.54) is 6.07 Å². The molecular formula is C16H11F6N3O5. The molecule has 0 saturated heterocycles. The molecule has 0 amide bonds. The number of nitrogens with two attached hydrogens (primary N) is 1. The van der Waals surface area contributed by atoms with E-state index in [9.17, 15) is 51.4 Å². The number of hydrogen-bond acceptors (Lipinski definition) is 6. The molecule has 1 atom stereocenters. The van der Waals surface area contributed by atoms with Crippen LogP contribution in [-0.2, 0) is 0 Å². The summed E-state index contributed by atoms with van der Waals surface area (Å²) in [7, 11) is 0. The highest BCUT2D eigenvalue weighted by Crippen LogP contribution is 2.31. The molecule has 0 radical (unpaired) electrons. The van der Waals surface area contributed by atoms with Gasteiger partial charge in [-0.3, -0.25) is 25.0 Å². The van der Waals surface area contributed by atoms with Crippen molar-refractivity contribution in [3.05, 3.63) is 79.9 Å². The van der Waals surface area contributed by atoms with E-state index in [0.29, 0.717) is 6.07 Å². The molecule has 2 aromatic rings. The molecule has 2 rings (SSSR count). The van der Waals surface area contributed by atoms with E-state index < -0.39 is 51.0 Å². The minimum Gasteiger partial charge on any atom is -0.316 e. The van der Waals surface area contributed by atoms with E-state index >= 15 is 0 Å². The highest BCUT2D eigenvalue weighted by molar-refractivity contribution is 6.00. The van der Waals surface area contributed by atoms with Gasteiger partial charge in [-0.25, -0.2) is 0 Å². The lowest BCUT2D eigenvalue weighted by Crippen LogP contribution is -2.28. The Morgan fingerprint density at radius 3 is 1.77 bits per heavy atom. The standard InChI is InChI=1S/C8H7F3N2O2.C8H4F3NO3/c9-8(10,11)7(12)5-2-1-3-6(4-5)13(14)15;9-8(10,11)7(13)5-2-1-3-6(4-5)12(14)15/h1-4,7H,12H2;1-4H. The molecule has 30 heavy (non-hydrogen) atoms. The van der Waals surface area contributed by atoms with Crippen LogP contribution in [0.25, 0.3) is 0 Å². The maximum absolute atomic E-state index is 12.2. The topological polar surface area (TPSA) is 129 Å². The predicted octanol–water partition coefficient (Wildman–Crippen LogP) is 4.50. The maximum atomic E-state index is 12.2. The van der Waals surface area contributed by atoms with Gasteiger partial charge in [0.25, 0.3) is 17.2 Å². The number of ketones is 1. The Kier molecular flexibility index (Phi) is 7.59. The highest BCUT2D eigenvalue weighted by Gasteiger charge is 2.40. The van der Waals surface area contributed by atoms with Crippen molar-refractivity contribution in [3.63, 3.8) is 0 Å². The van der Waals surface area contributed by atoms with Gasteiger partial charge in [0.15, 0.2) is 0 Å². The SMILES string of the molecule is NC(c1cccc([N+](=O)[O-])c1)C(F)(F)F.O=C(c1cccc([N+](=O)[O-])c1)C(F)(F)F. The summed E-state index contributed by atoms with van der Waals surface area (Å²) >= 11 is 0. The number of nitro groups is 2. The summed E-state index contributed by atoms with van der Waals surface area (Å²) < 4.78 is 72.4. The molecule has 0 aliphatic carbocycles. The Morgan fingerprint density at radius 2 is 1.33 bits per heavy atom. The van der Waals surface area contributed by atoms with E-state index in [1.807, 2.05) is 0 Å². The molecule has 8 nitrogen and oxygen atoms in total. The average molecular weight is 439 g/mol. The molecule has 2 aromatic carbocycles. The van der Waals surface area contributed by atoms with Gasteiger partial charge in [-0.1, -0.05) is 24.3 Å². The van der Waals surface area contributed by atoms with Crippen LogP contribution in [0.15, 0.2) is 48.5 Å². The molecule has 0 aromatic heterocycles. The van der Waals surface area contributed by atoms with Crippen LogP contribution in [0.4, 0.5) is 37.7 Å². The summed E-state index contributed by atoms with van der Waals surface area (Å²) in [5, 5.41) is 20.5. The summed E-state index contributed by atoms with van der Waals surface area (Å²) in [6, 6.07) is 5.50. The molecule has 0 aliphatic rings. The highest BCUT2D eigenvalue weighted by atomic mass is 19.4. The van der Waals surface area contributed by atoms with Crippen LogP contribution >= 0.6 is 0 Å². The molecule has 1 unspecified atom stereocenters. The Morgan fingerprint density at radius 1 is 0.867 bits per heavy atom. The Balaban J connectivity index is 0.000000300. The lowest BCUT2D eigenvalue weighted by atomic mass is 10.1. The second kappa shape index (κ2) is 9.30. The molecule has 0 fully saturated rings. The summed E-state index contributed by atoms with van der Waals surface area (Å²) in [6.07, 6.45) is -9.62. The molecule has 0 heterocycles. The molecule has 0 spiro atoms. The van der Waals surface area contributed by atoms with Crippen molar-refractivity contribution in [2.24, 2.45) is 5.73 Å². The van der Waals surface area contributed by atoms with E-state index in [0.717, 1.165) is 36.4 Å². The zero-order chi connectivity index (χ0) is 23.3. The number of nitrogens with zero attached hydrogens (tertiary/aromatic N) is 2. The van der Waals surface area contributed by atoms with Crippen molar-refractivity contribution in [1.29, 1.82) is 0 Å². The first-order chi connectivity index (χ1) is 13.6. The van der Waals surface area contributed by atoms with E-state index in [2.05, 4.69) is 0 Å².